The zero-order valence-corrected chi connectivity index (χ0v) is 17.4. The SMILES string of the molecule is CC(C)NC(=O)/N=C(\NCc1ccc(Cl)cc1)Nc1ccc(OC(C)C)cc1. The van der Waals surface area contributed by atoms with E-state index < -0.39 is 6.03 Å². The predicted molar refractivity (Wildman–Crippen MR) is 115 cm³/mol. The Bertz CT molecular complexity index is 787. The highest BCUT2D eigenvalue weighted by molar-refractivity contribution is 6.30. The van der Waals surface area contributed by atoms with Crippen molar-refractivity contribution < 1.29 is 9.53 Å². The van der Waals surface area contributed by atoms with Gasteiger partial charge in [-0.05, 0) is 69.7 Å². The van der Waals surface area contributed by atoms with Gasteiger partial charge in [0.05, 0.1) is 6.10 Å². The lowest BCUT2D eigenvalue weighted by Gasteiger charge is -2.14. The van der Waals surface area contributed by atoms with Gasteiger partial charge in [-0.2, -0.15) is 4.99 Å². The lowest BCUT2D eigenvalue weighted by atomic mass is 10.2. The van der Waals surface area contributed by atoms with Crippen LogP contribution in [0.1, 0.15) is 33.3 Å². The Labute approximate surface area is 171 Å². The molecule has 0 aliphatic rings. The van der Waals surface area contributed by atoms with Gasteiger partial charge in [0, 0.05) is 23.3 Å². The van der Waals surface area contributed by atoms with Crippen molar-refractivity contribution in [1.29, 1.82) is 0 Å². The topological polar surface area (TPSA) is 74.8 Å². The molecule has 0 aromatic heterocycles. The minimum absolute atomic E-state index is 0.00114. The first kappa shape index (κ1) is 21.6. The average molecular weight is 403 g/mol. The molecule has 0 saturated heterocycles. The van der Waals surface area contributed by atoms with Crippen LogP contribution >= 0.6 is 11.6 Å². The molecule has 0 radical (unpaired) electrons. The third kappa shape index (κ3) is 7.88. The number of halogens is 1. The van der Waals surface area contributed by atoms with Crippen LogP contribution in [0.3, 0.4) is 0 Å². The molecular formula is C21H27ClN4O2. The molecule has 2 aromatic carbocycles. The molecule has 0 saturated carbocycles. The minimum atomic E-state index is -0.416. The summed E-state index contributed by atoms with van der Waals surface area (Å²) in [4.78, 5) is 16.2. The van der Waals surface area contributed by atoms with Crippen molar-refractivity contribution in [2.45, 2.75) is 46.4 Å². The number of hydrogen-bond donors (Lipinski definition) is 3. The lowest BCUT2D eigenvalue weighted by molar-refractivity contribution is 0.242. The van der Waals surface area contributed by atoms with E-state index in [1.807, 2.05) is 76.2 Å². The summed E-state index contributed by atoms with van der Waals surface area (Å²) >= 11 is 5.92. The number of ether oxygens (including phenoxy) is 1. The molecule has 0 bridgehead atoms. The quantitative estimate of drug-likeness (QED) is 0.479. The van der Waals surface area contributed by atoms with E-state index in [0.717, 1.165) is 17.0 Å². The van der Waals surface area contributed by atoms with E-state index in [1.165, 1.54) is 0 Å². The summed E-state index contributed by atoms with van der Waals surface area (Å²) in [7, 11) is 0. The van der Waals surface area contributed by atoms with Gasteiger partial charge in [0.2, 0.25) is 5.96 Å². The molecule has 0 fully saturated rings. The van der Waals surface area contributed by atoms with Gasteiger partial charge in [-0.3, -0.25) is 0 Å². The number of amides is 2. The molecular weight excluding hydrogens is 376 g/mol. The van der Waals surface area contributed by atoms with Gasteiger partial charge in [0.15, 0.2) is 0 Å². The van der Waals surface area contributed by atoms with E-state index >= 15 is 0 Å². The molecule has 2 rings (SSSR count). The minimum Gasteiger partial charge on any atom is -0.491 e. The number of benzene rings is 2. The highest BCUT2D eigenvalue weighted by atomic mass is 35.5. The summed E-state index contributed by atoms with van der Waals surface area (Å²) < 4.78 is 5.65. The number of rotatable bonds is 6. The number of nitrogens with zero attached hydrogens (tertiary/aromatic N) is 1. The number of nitrogens with one attached hydrogen (secondary N) is 3. The summed E-state index contributed by atoms with van der Waals surface area (Å²) in [6.07, 6.45) is 0.108. The number of urea groups is 1. The third-order valence-corrected chi connectivity index (χ3v) is 3.74. The van der Waals surface area contributed by atoms with Gasteiger partial charge in [-0.15, -0.1) is 0 Å². The van der Waals surface area contributed by atoms with Crippen molar-refractivity contribution in [2.24, 2.45) is 4.99 Å². The maximum Gasteiger partial charge on any atom is 0.344 e. The molecule has 0 aliphatic heterocycles. The Kier molecular flexibility index (Phi) is 8.14. The van der Waals surface area contributed by atoms with Gasteiger partial charge in [-0.1, -0.05) is 23.7 Å². The van der Waals surface area contributed by atoms with Crippen molar-refractivity contribution >= 4 is 29.3 Å². The van der Waals surface area contributed by atoms with E-state index in [1.54, 1.807) is 0 Å². The van der Waals surface area contributed by atoms with Gasteiger partial charge in [0.25, 0.3) is 0 Å². The summed E-state index contributed by atoms with van der Waals surface area (Å²) in [6.45, 7) is 8.21. The fraction of sp³-hybridized carbons (Fsp3) is 0.333. The molecule has 150 valence electrons. The number of anilines is 1. The molecule has 0 heterocycles. The zero-order chi connectivity index (χ0) is 20.5. The smallest absolute Gasteiger partial charge is 0.344 e. The van der Waals surface area contributed by atoms with Crippen molar-refractivity contribution in [1.82, 2.24) is 10.6 Å². The second-order valence-electron chi connectivity index (χ2n) is 6.86. The molecule has 2 amide bonds. The number of carbonyl (C=O) groups is 1. The lowest BCUT2D eigenvalue weighted by Crippen LogP contribution is -2.35. The molecule has 3 N–H and O–H groups in total. The van der Waals surface area contributed by atoms with Crippen molar-refractivity contribution in [3.63, 3.8) is 0 Å². The van der Waals surface area contributed by atoms with Crippen LogP contribution in [0, 0.1) is 0 Å². The molecule has 0 spiro atoms. The Morgan fingerprint density at radius 1 is 1.04 bits per heavy atom. The molecule has 2 aromatic rings. The maximum absolute atomic E-state index is 12.1. The van der Waals surface area contributed by atoms with Crippen LogP contribution in [-0.2, 0) is 6.54 Å². The first-order valence-corrected chi connectivity index (χ1v) is 9.61. The largest absolute Gasteiger partial charge is 0.491 e. The summed E-state index contributed by atoms with van der Waals surface area (Å²) in [5, 5.41) is 9.73. The van der Waals surface area contributed by atoms with Crippen LogP contribution in [0.25, 0.3) is 0 Å². The molecule has 0 unspecified atom stereocenters. The standard InChI is InChI=1S/C21H27ClN4O2/c1-14(2)24-21(27)26-20(23-13-16-5-7-17(22)8-6-16)25-18-9-11-19(12-10-18)28-15(3)4/h5-12,14-15H,13H2,1-4H3,(H3,23,24,25,26,27). The number of aliphatic imine (C=N–C) groups is 1. The number of carbonyl (C=O) groups excluding carboxylic acids is 1. The van der Waals surface area contributed by atoms with Gasteiger partial charge < -0.3 is 20.7 Å². The third-order valence-electron chi connectivity index (χ3n) is 3.49. The highest BCUT2D eigenvalue weighted by Gasteiger charge is 2.07. The van der Waals surface area contributed by atoms with Crippen LogP contribution in [0.5, 0.6) is 5.75 Å². The Morgan fingerprint density at radius 2 is 1.68 bits per heavy atom. The maximum atomic E-state index is 12.1. The number of hydrogen-bond acceptors (Lipinski definition) is 2. The Morgan fingerprint density at radius 3 is 2.25 bits per heavy atom. The van der Waals surface area contributed by atoms with E-state index in [9.17, 15) is 4.79 Å². The first-order valence-electron chi connectivity index (χ1n) is 9.23. The Hall–Kier alpha value is -2.73. The fourth-order valence-corrected chi connectivity index (χ4v) is 2.43. The van der Waals surface area contributed by atoms with Crippen LogP contribution in [-0.4, -0.2) is 24.1 Å². The molecule has 6 nitrogen and oxygen atoms in total. The number of guanidine groups is 1. The normalized spacial score (nSPS) is 11.5. The van der Waals surface area contributed by atoms with E-state index in [2.05, 4.69) is 20.9 Å². The zero-order valence-electron chi connectivity index (χ0n) is 16.6. The molecule has 7 heteroatoms. The monoisotopic (exact) mass is 402 g/mol. The van der Waals surface area contributed by atoms with Crippen LogP contribution < -0.4 is 20.7 Å². The van der Waals surface area contributed by atoms with Crippen molar-refractivity contribution in [3.8, 4) is 5.75 Å². The van der Waals surface area contributed by atoms with Gasteiger partial charge in [0.1, 0.15) is 5.75 Å². The molecule has 0 aliphatic carbocycles. The average Bonchev–Trinajstić information content (AvgIpc) is 2.61. The van der Waals surface area contributed by atoms with Crippen LogP contribution in [0.15, 0.2) is 53.5 Å². The molecule has 0 atom stereocenters. The Balaban J connectivity index is 2.09. The predicted octanol–water partition coefficient (Wildman–Crippen LogP) is 4.80. The summed E-state index contributed by atoms with van der Waals surface area (Å²) in [5.74, 6) is 1.14. The van der Waals surface area contributed by atoms with Crippen molar-refractivity contribution in [3.05, 3.63) is 59.1 Å². The van der Waals surface area contributed by atoms with E-state index in [4.69, 9.17) is 16.3 Å². The second kappa shape index (κ2) is 10.6. The highest BCUT2D eigenvalue weighted by Crippen LogP contribution is 2.17. The fourth-order valence-electron chi connectivity index (χ4n) is 2.31. The first-order chi connectivity index (χ1) is 13.3. The van der Waals surface area contributed by atoms with Crippen molar-refractivity contribution in [2.75, 3.05) is 5.32 Å². The summed E-state index contributed by atoms with van der Waals surface area (Å²) in [6, 6.07) is 14.5. The van der Waals surface area contributed by atoms with Gasteiger partial charge >= 0.3 is 6.03 Å². The van der Waals surface area contributed by atoms with E-state index in [-0.39, 0.29) is 12.1 Å². The van der Waals surface area contributed by atoms with E-state index in [0.29, 0.717) is 17.5 Å². The summed E-state index contributed by atoms with van der Waals surface area (Å²) in [5.41, 5.74) is 1.81. The molecule has 28 heavy (non-hydrogen) atoms. The van der Waals surface area contributed by atoms with Crippen LogP contribution in [0.4, 0.5) is 10.5 Å². The second-order valence-corrected chi connectivity index (χ2v) is 7.30. The van der Waals surface area contributed by atoms with Crippen LogP contribution in [0.2, 0.25) is 5.02 Å². The van der Waals surface area contributed by atoms with Gasteiger partial charge in [-0.25, -0.2) is 4.79 Å².